The number of hydrogen-bond donors (Lipinski definition) is 1. The van der Waals surface area contributed by atoms with Crippen LogP contribution in [-0.4, -0.2) is 94.0 Å². The molecule has 2 aromatic heterocycles. The molecule has 5 heterocycles. The SMILES string of the molecule is C1CCOC1.CC(C)(C)[Si](C)(C)OCc1cc(C2CC=NN2C(=O)C23CC(COc4cnc(C#N)cn4)(C2)C3)ccc1F.N#Cc1cnc(OCC23CC(C(=O)N4N=CCC4c4ccc(F)c(CO)c4)(C2)C3)cn1. The number of ether oxygens (including phenoxy) is 3. The second-order valence-electron chi connectivity index (χ2n) is 22.5. The normalized spacial score (nSPS) is 26.6. The van der Waals surface area contributed by atoms with Crippen LogP contribution in [0.25, 0.3) is 0 Å². The van der Waals surface area contributed by atoms with Gasteiger partial charge in [-0.2, -0.15) is 20.7 Å². The first-order valence-corrected chi connectivity index (χ1v) is 28.1. The third-order valence-electron chi connectivity index (χ3n) is 16.1. The minimum Gasteiger partial charge on any atom is -0.476 e. The van der Waals surface area contributed by atoms with Crippen molar-refractivity contribution in [1.29, 1.82) is 10.5 Å². The van der Waals surface area contributed by atoms with Gasteiger partial charge in [-0.25, -0.2) is 38.7 Å². The molecule has 3 aliphatic heterocycles. The lowest BCUT2D eigenvalue weighted by Gasteiger charge is -2.69. The molecule has 9 aliphatic rings. The lowest BCUT2D eigenvalue weighted by molar-refractivity contribution is -0.227. The van der Waals surface area contributed by atoms with Gasteiger partial charge in [-0.1, -0.05) is 32.9 Å². The van der Waals surface area contributed by atoms with E-state index in [2.05, 4.69) is 64.0 Å². The molecule has 6 aliphatic carbocycles. The zero-order valence-electron chi connectivity index (χ0n) is 42.5. The van der Waals surface area contributed by atoms with Crippen molar-refractivity contribution in [3.63, 3.8) is 0 Å². The summed E-state index contributed by atoms with van der Waals surface area (Å²) in [6.07, 6.45) is 17.2. The van der Waals surface area contributed by atoms with Gasteiger partial charge in [0.25, 0.3) is 0 Å². The van der Waals surface area contributed by atoms with Gasteiger partial charge in [0, 0.05) is 60.4 Å². The Balaban J connectivity index is 0.000000168. The number of amides is 2. The first kappa shape index (κ1) is 52.3. The van der Waals surface area contributed by atoms with E-state index in [1.165, 1.54) is 54.8 Å². The van der Waals surface area contributed by atoms with Gasteiger partial charge in [-0.05, 0) is 105 Å². The van der Waals surface area contributed by atoms with Gasteiger partial charge in [0.15, 0.2) is 19.7 Å². The van der Waals surface area contributed by atoms with Gasteiger partial charge in [-0.3, -0.25) is 9.59 Å². The van der Waals surface area contributed by atoms with Crippen LogP contribution in [0.5, 0.6) is 11.8 Å². The quantitative estimate of drug-likeness (QED) is 0.117. The zero-order chi connectivity index (χ0) is 52.5. The van der Waals surface area contributed by atoms with E-state index >= 15 is 0 Å². The highest BCUT2D eigenvalue weighted by Gasteiger charge is 2.74. The van der Waals surface area contributed by atoms with E-state index < -0.39 is 31.6 Å². The minimum absolute atomic E-state index is 0.0128. The number of carbonyl (C=O) groups excluding carboxylic acids is 2. The summed E-state index contributed by atoms with van der Waals surface area (Å²) in [7, 11) is -2.03. The van der Waals surface area contributed by atoms with E-state index in [0.29, 0.717) is 43.4 Å². The molecule has 388 valence electrons. The lowest BCUT2D eigenvalue weighted by atomic mass is 9.35. The lowest BCUT2D eigenvalue weighted by Crippen LogP contribution is -2.69. The summed E-state index contributed by atoms with van der Waals surface area (Å²) in [6.45, 7) is 13.5. The van der Waals surface area contributed by atoms with E-state index in [1.54, 1.807) is 35.6 Å². The van der Waals surface area contributed by atoms with Crippen molar-refractivity contribution < 1.29 is 42.1 Å². The predicted octanol–water partition coefficient (Wildman–Crippen LogP) is 8.80. The van der Waals surface area contributed by atoms with Gasteiger partial charge in [0.05, 0.1) is 74.1 Å². The largest absolute Gasteiger partial charge is 0.476 e. The maximum Gasteiger partial charge on any atom is 0.249 e. The Bertz CT molecular complexity index is 2850. The first-order chi connectivity index (χ1) is 35.3. The van der Waals surface area contributed by atoms with Crippen LogP contribution < -0.4 is 9.47 Å². The van der Waals surface area contributed by atoms with E-state index in [1.807, 2.05) is 18.2 Å². The molecule has 6 saturated carbocycles. The van der Waals surface area contributed by atoms with Crippen molar-refractivity contribution in [2.24, 2.45) is 31.9 Å². The molecule has 20 heteroatoms. The molecule has 1 saturated heterocycles. The summed E-state index contributed by atoms with van der Waals surface area (Å²) in [5.41, 5.74) is 1.94. The number of nitriles is 2. The summed E-state index contributed by atoms with van der Waals surface area (Å²) in [4.78, 5) is 43.0. The van der Waals surface area contributed by atoms with Crippen LogP contribution in [0.3, 0.4) is 0 Å². The van der Waals surface area contributed by atoms with E-state index in [4.69, 9.17) is 29.2 Å². The van der Waals surface area contributed by atoms with Crippen LogP contribution in [0.2, 0.25) is 18.1 Å². The molecule has 0 radical (unpaired) electrons. The molecule has 1 N–H and O–H groups in total. The minimum atomic E-state index is -2.03. The van der Waals surface area contributed by atoms with Crippen LogP contribution in [0.4, 0.5) is 8.78 Å². The smallest absolute Gasteiger partial charge is 0.249 e. The molecule has 2 atom stereocenters. The summed E-state index contributed by atoms with van der Waals surface area (Å²) in [5.74, 6) is 0.00189. The third kappa shape index (κ3) is 10.4. The number of aliphatic hydroxyl groups is 1. The summed E-state index contributed by atoms with van der Waals surface area (Å²) in [5, 5.41) is 38.9. The van der Waals surface area contributed by atoms with E-state index in [0.717, 1.165) is 62.9 Å². The van der Waals surface area contributed by atoms with Gasteiger partial charge in [0.1, 0.15) is 23.8 Å². The Morgan fingerprint density at radius 2 is 1.18 bits per heavy atom. The van der Waals surface area contributed by atoms with Crippen molar-refractivity contribution in [2.75, 3.05) is 26.4 Å². The Morgan fingerprint density at radius 3 is 1.55 bits per heavy atom. The third-order valence-corrected chi connectivity index (χ3v) is 20.6. The molecular formula is C54H62F2N10O7Si. The van der Waals surface area contributed by atoms with Crippen LogP contribution in [-0.2, 0) is 32.0 Å². The van der Waals surface area contributed by atoms with Crippen molar-refractivity contribution >= 4 is 32.6 Å². The fraction of sp³-hybridized carbons (Fsp3) is 0.519. The highest BCUT2D eigenvalue weighted by molar-refractivity contribution is 6.74. The summed E-state index contributed by atoms with van der Waals surface area (Å²) in [6, 6.07) is 12.9. The molecule has 2 amide bonds. The number of rotatable bonds is 14. The molecule has 4 aromatic rings. The fourth-order valence-corrected chi connectivity index (χ4v) is 12.1. The highest BCUT2D eigenvalue weighted by Crippen LogP contribution is 2.75. The van der Waals surface area contributed by atoms with Crippen LogP contribution in [0.15, 0.2) is 71.4 Å². The number of nitrogens with zero attached hydrogens (tertiary/aromatic N) is 10. The average Bonchev–Trinajstić information content (AvgIpc) is 4.18. The number of benzene rings is 2. The van der Waals surface area contributed by atoms with Gasteiger partial charge in [0.2, 0.25) is 23.6 Å². The zero-order valence-corrected chi connectivity index (χ0v) is 43.5. The predicted molar refractivity (Wildman–Crippen MR) is 268 cm³/mol. The number of aliphatic hydroxyl groups excluding tert-OH is 1. The van der Waals surface area contributed by atoms with Crippen LogP contribution >= 0.6 is 0 Å². The first-order valence-electron chi connectivity index (χ1n) is 25.2. The Morgan fingerprint density at radius 1 is 0.730 bits per heavy atom. The maximum atomic E-state index is 14.7. The van der Waals surface area contributed by atoms with Crippen molar-refractivity contribution in [1.82, 2.24) is 30.0 Å². The Hall–Kier alpha value is -6.58. The molecule has 4 bridgehead atoms. The van der Waals surface area contributed by atoms with Crippen molar-refractivity contribution in [3.05, 3.63) is 106 Å². The van der Waals surface area contributed by atoms with Gasteiger partial charge < -0.3 is 23.7 Å². The van der Waals surface area contributed by atoms with Gasteiger partial charge in [-0.15, -0.1) is 0 Å². The molecule has 13 rings (SSSR count). The van der Waals surface area contributed by atoms with Crippen LogP contribution in [0.1, 0.15) is 131 Å². The van der Waals surface area contributed by atoms with Crippen LogP contribution in [0, 0.1) is 56.0 Å². The van der Waals surface area contributed by atoms with E-state index in [9.17, 15) is 23.5 Å². The second-order valence-corrected chi connectivity index (χ2v) is 27.3. The molecular weight excluding hydrogens is 967 g/mol. The topological polar surface area (TPSA) is 222 Å². The molecule has 7 fully saturated rings. The van der Waals surface area contributed by atoms with E-state index in [-0.39, 0.29) is 69.1 Å². The number of carbonyl (C=O) groups is 2. The average molecular weight is 1030 g/mol. The Labute approximate surface area is 430 Å². The molecule has 2 aromatic carbocycles. The number of aromatic nitrogens is 4. The second kappa shape index (κ2) is 20.6. The van der Waals surface area contributed by atoms with Crippen molar-refractivity contribution in [2.45, 2.75) is 128 Å². The monoisotopic (exact) mass is 1030 g/mol. The van der Waals surface area contributed by atoms with Gasteiger partial charge >= 0.3 is 0 Å². The number of hydrogen-bond acceptors (Lipinski definition) is 15. The standard InChI is InChI=1S/C28H34FN5O3Si.C22H20FN5O3.C4H8O/c1-26(2,3)38(4,5)37-14-20-10-19(6-7-22(20)29)23-8-9-33-34(23)25(35)28-15-27(16-28,17-28)18-36-24-13-31-21(11-30)12-32-24;23-17-2-1-14(5-15(17)9-29)18-3-4-27-28(18)20(30)22-10-21(11-22,12-22)13-31-19-8-25-16(6-24)7-26-19;1-2-4-5-3-1/h6-7,9-10,12-13,23H,8,14-18H2,1-5H3;1-2,4-5,7-8,18,29H,3,9-13H2;1-4H2. The highest BCUT2D eigenvalue weighted by atomic mass is 28.4. The molecule has 17 nitrogen and oxygen atoms in total. The van der Waals surface area contributed by atoms with Crippen molar-refractivity contribution in [3.8, 4) is 23.9 Å². The summed E-state index contributed by atoms with van der Waals surface area (Å²) >= 11 is 0. The Kier molecular flexibility index (Phi) is 14.6. The molecule has 0 spiro atoms. The maximum absolute atomic E-state index is 14.7. The summed E-state index contributed by atoms with van der Waals surface area (Å²) < 4.78 is 51.2. The number of halogens is 2. The fourth-order valence-electron chi connectivity index (χ4n) is 11.2. The molecule has 74 heavy (non-hydrogen) atoms. The number of hydrazone groups is 2. The molecule has 2 unspecified atom stereocenters.